The normalized spacial score (nSPS) is 21.5. The van der Waals surface area contributed by atoms with Crippen LogP contribution in [0.3, 0.4) is 0 Å². The van der Waals surface area contributed by atoms with Crippen molar-refractivity contribution in [3.63, 3.8) is 0 Å². The van der Waals surface area contributed by atoms with Crippen LogP contribution in [-0.2, 0) is 0 Å². The lowest BCUT2D eigenvalue weighted by Gasteiger charge is -2.21. The minimum absolute atomic E-state index is 0.112. The fourth-order valence-corrected chi connectivity index (χ4v) is 2.21. The molecule has 82 valence electrons. The van der Waals surface area contributed by atoms with Crippen LogP contribution in [-0.4, -0.2) is 11.2 Å². The van der Waals surface area contributed by atoms with Gasteiger partial charge in [0.05, 0.1) is 6.10 Å². The van der Waals surface area contributed by atoms with Gasteiger partial charge in [0, 0.05) is 0 Å². The van der Waals surface area contributed by atoms with Gasteiger partial charge in [-0.05, 0) is 44.4 Å². The summed E-state index contributed by atoms with van der Waals surface area (Å²) < 4.78 is 0. The molecule has 1 N–H and O–H groups in total. The lowest BCUT2D eigenvalue weighted by molar-refractivity contribution is 0.110. The van der Waals surface area contributed by atoms with E-state index in [-0.39, 0.29) is 6.10 Å². The molecule has 0 aromatic heterocycles. The van der Waals surface area contributed by atoms with Gasteiger partial charge in [-0.25, -0.2) is 0 Å². The van der Waals surface area contributed by atoms with Crippen LogP contribution in [0, 0.1) is 5.92 Å². The molecule has 0 aromatic rings. The number of rotatable bonds is 5. The van der Waals surface area contributed by atoms with Crippen molar-refractivity contribution in [3.8, 4) is 0 Å². The SMILES string of the molecule is CCCC(C)C(O)CC1=CCCCC1. The van der Waals surface area contributed by atoms with Crippen LogP contribution in [0.5, 0.6) is 0 Å². The third-order valence-corrected chi connectivity index (χ3v) is 3.26. The Labute approximate surface area is 88.2 Å². The van der Waals surface area contributed by atoms with E-state index in [1.807, 2.05) is 0 Å². The van der Waals surface area contributed by atoms with Crippen molar-refractivity contribution in [2.24, 2.45) is 5.92 Å². The summed E-state index contributed by atoms with van der Waals surface area (Å²) in [5.74, 6) is 0.461. The molecule has 1 nitrogen and oxygen atoms in total. The van der Waals surface area contributed by atoms with Crippen LogP contribution in [0.2, 0.25) is 0 Å². The molecule has 2 unspecified atom stereocenters. The molecule has 1 heteroatoms. The monoisotopic (exact) mass is 196 g/mol. The van der Waals surface area contributed by atoms with E-state index in [0.717, 1.165) is 12.8 Å². The Morgan fingerprint density at radius 1 is 1.43 bits per heavy atom. The molecule has 0 saturated carbocycles. The predicted octanol–water partition coefficient (Wildman–Crippen LogP) is 3.67. The van der Waals surface area contributed by atoms with Crippen molar-refractivity contribution >= 4 is 0 Å². The van der Waals surface area contributed by atoms with Gasteiger partial charge in [0.2, 0.25) is 0 Å². The molecule has 1 aliphatic rings. The molecule has 0 radical (unpaired) electrons. The van der Waals surface area contributed by atoms with Gasteiger partial charge in [0.1, 0.15) is 0 Å². The van der Waals surface area contributed by atoms with Gasteiger partial charge in [0.25, 0.3) is 0 Å². The van der Waals surface area contributed by atoms with Crippen LogP contribution in [0.4, 0.5) is 0 Å². The molecule has 0 saturated heterocycles. The van der Waals surface area contributed by atoms with Crippen LogP contribution in [0.1, 0.15) is 58.8 Å². The molecule has 0 amide bonds. The zero-order valence-electron chi connectivity index (χ0n) is 9.63. The standard InChI is InChI=1S/C13H24O/c1-3-7-11(2)13(14)10-12-8-5-4-6-9-12/h8,11,13-14H,3-7,9-10H2,1-2H3. The van der Waals surface area contributed by atoms with Crippen LogP contribution < -0.4 is 0 Å². The molecule has 0 bridgehead atoms. The highest BCUT2D eigenvalue weighted by Crippen LogP contribution is 2.24. The molecule has 1 rings (SSSR count). The minimum atomic E-state index is -0.112. The van der Waals surface area contributed by atoms with Gasteiger partial charge >= 0.3 is 0 Å². The summed E-state index contributed by atoms with van der Waals surface area (Å²) in [4.78, 5) is 0. The first-order valence-electron chi connectivity index (χ1n) is 6.10. The van der Waals surface area contributed by atoms with E-state index < -0.39 is 0 Å². The van der Waals surface area contributed by atoms with Crippen LogP contribution in [0.25, 0.3) is 0 Å². The van der Waals surface area contributed by atoms with Crippen molar-refractivity contribution in [2.45, 2.75) is 64.9 Å². The van der Waals surface area contributed by atoms with E-state index in [0.29, 0.717) is 5.92 Å². The summed E-state index contributed by atoms with van der Waals surface area (Å²) in [6.07, 6.45) is 10.6. The first-order chi connectivity index (χ1) is 6.74. The second-order valence-corrected chi connectivity index (χ2v) is 4.65. The summed E-state index contributed by atoms with van der Waals surface area (Å²) in [5, 5.41) is 9.96. The van der Waals surface area contributed by atoms with Crippen LogP contribution in [0.15, 0.2) is 11.6 Å². The molecule has 0 aromatic carbocycles. The second-order valence-electron chi connectivity index (χ2n) is 4.65. The fourth-order valence-electron chi connectivity index (χ4n) is 2.21. The fraction of sp³-hybridized carbons (Fsp3) is 0.846. The van der Waals surface area contributed by atoms with E-state index in [9.17, 15) is 5.11 Å². The number of allylic oxidation sites excluding steroid dienone is 1. The molecular weight excluding hydrogens is 172 g/mol. The molecule has 0 heterocycles. The van der Waals surface area contributed by atoms with E-state index in [2.05, 4.69) is 19.9 Å². The largest absolute Gasteiger partial charge is 0.393 e. The quantitative estimate of drug-likeness (QED) is 0.665. The van der Waals surface area contributed by atoms with E-state index in [1.54, 1.807) is 0 Å². The highest BCUT2D eigenvalue weighted by molar-refractivity contribution is 5.06. The van der Waals surface area contributed by atoms with E-state index >= 15 is 0 Å². The van der Waals surface area contributed by atoms with Gasteiger partial charge in [-0.15, -0.1) is 0 Å². The van der Waals surface area contributed by atoms with Crippen molar-refractivity contribution in [2.75, 3.05) is 0 Å². The highest BCUT2D eigenvalue weighted by atomic mass is 16.3. The molecule has 1 aliphatic carbocycles. The highest BCUT2D eigenvalue weighted by Gasteiger charge is 2.15. The zero-order valence-corrected chi connectivity index (χ0v) is 9.63. The maximum Gasteiger partial charge on any atom is 0.0602 e. The van der Waals surface area contributed by atoms with Gasteiger partial charge in [-0.1, -0.05) is 31.9 Å². The maximum absolute atomic E-state index is 9.96. The predicted molar refractivity (Wildman–Crippen MR) is 61.2 cm³/mol. The van der Waals surface area contributed by atoms with E-state index in [4.69, 9.17) is 0 Å². The number of aliphatic hydroxyl groups is 1. The summed E-state index contributed by atoms with van der Waals surface area (Å²) in [6.45, 7) is 4.35. The molecule has 0 fully saturated rings. The lowest BCUT2D eigenvalue weighted by atomic mass is 9.89. The van der Waals surface area contributed by atoms with Gasteiger partial charge in [-0.2, -0.15) is 0 Å². The summed E-state index contributed by atoms with van der Waals surface area (Å²) in [5.41, 5.74) is 1.49. The van der Waals surface area contributed by atoms with Gasteiger partial charge in [0.15, 0.2) is 0 Å². The second kappa shape index (κ2) is 6.23. The van der Waals surface area contributed by atoms with E-state index in [1.165, 1.54) is 37.7 Å². The Hall–Kier alpha value is -0.300. The average Bonchev–Trinajstić information content (AvgIpc) is 2.19. The lowest BCUT2D eigenvalue weighted by Crippen LogP contribution is -2.18. The molecule has 14 heavy (non-hydrogen) atoms. The zero-order chi connectivity index (χ0) is 10.4. The third-order valence-electron chi connectivity index (χ3n) is 3.26. The third kappa shape index (κ3) is 3.83. The first kappa shape index (κ1) is 11.8. The van der Waals surface area contributed by atoms with Crippen LogP contribution >= 0.6 is 0 Å². The van der Waals surface area contributed by atoms with Gasteiger partial charge in [-0.3, -0.25) is 0 Å². The number of hydrogen-bond acceptors (Lipinski definition) is 1. The number of hydrogen-bond donors (Lipinski definition) is 1. The topological polar surface area (TPSA) is 20.2 Å². The van der Waals surface area contributed by atoms with Crippen molar-refractivity contribution in [1.29, 1.82) is 0 Å². The number of aliphatic hydroxyl groups excluding tert-OH is 1. The Balaban J connectivity index is 2.31. The summed E-state index contributed by atoms with van der Waals surface area (Å²) in [6, 6.07) is 0. The Morgan fingerprint density at radius 2 is 2.21 bits per heavy atom. The Morgan fingerprint density at radius 3 is 2.79 bits per heavy atom. The molecule has 0 spiro atoms. The van der Waals surface area contributed by atoms with Crippen molar-refractivity contribution in [1.82, 2.24) is 0 Å². The molecular formula is C13H24O. The summed E-state index contributed by atoms with van der Waals surface area (Å²) >= 11 is 0. The average molecular weight is 196 g/mol. The summed E-state index contributed by atoms with van der Waals surface area (Å²) in [7, 11) is 0. The Kier molecular flexibility index (Phi) is 5.24. The smallest absolute Gasteiger partial charge is 0.0602 e. The molecule has 2 atom stereocenters. The minimum Gasteiger partial charge on any atom is -0.393 e. The van der Waals surface area contributed by atoms with Crippen molar-refractivity contribution < 1.29 is 5.11 Å². The Bertz CT molecular complexity index is 184. The van der Waals surface area contributed by atoms with Gasteiger partial charge < -0.3 is 5.11 Å². The van der Waals surface area contributed by atoms with Crippen molar-refractivity contribution in [3.05, 3.63) is 11.6 Å². The molecule has 0 aliphatic heterocycles. The maximum atomic E-state index is 9.96. The first-order valence-corrected chi connectivity index (χ1v) is 6.10.